The quantitative estimate of drug-likeness (QED) is 0.824. The van der Waals surface area contributed by atoms with Gasteiger partial charge in [-0.15, -0.1) is 0 Å². The zero-order valence-electron chi connectivity index (χ0n) is 11.0. The Kier molecular flexibility index (Phi) is 4.95. The van der Waals surface area contributed by atoms with Gasteiger partial charge in [-0.2, -0.15) is 0 Å². The molecule has 0 spiro atoms. The van der Waals surface area contributed by atoms with Crippen LogP contribution in [0.3, 0.4) is 0 Å². The Hall–Kier alpha value is -2.08. The molecular formula is C14H17NO5. The number of aliphatic carboxylic acids is 1. The fourth-order valence-electron chi connectivity index (χ4n) is 2.16. The lowest BCUT2D eigenvalue weighted by molar-refractivity contribution is -0.145. The van der Waals surface area contributed by atoms with Crippen LogP contribution in [0.1, 0.15) is 18.6 Å². The first-order valence-corrected chi connectivity index (χ1v) is 6.48. The highest BCUT2D eigenvalue weighted by atomic mass is 16.5. The number of nitrogens with zero attached hydrogens (tertiary/aromatic N) is 1. The maximum Gasteiger partial charge on any atom is 0.323 e. The Bertz CT molecular complexity index is 474. The van der Waals surface area contributed by atoms with E-state index >= 15 is 0 Å². The SMILES string of the molecule is O=C(O)CN(C(=O)/C=C/c1ccco1)C1CCOCC1. The van der Waals surface area contributed by atoms with Gasteiger partial charge < -0.3 is 19.2 Å². The molecule has 0 bridgehead atoms. The minimum absolute atomic E-state index is 0.0893. The van der Waals surface area contributed by atoms with Gasteiger partial charge in [-0.3, -0.25) is 9.59 Å². The predicted octanol–water partition coefficient (Wildman–Crippen LogP) is 1.39. The summed E-state index contributed by atoms with van der Waals surface area (Å²) in [4.78, 5) is 24.5. The molecule has 108 valence electrons. The first-order chi connectivity index (χ1) is 9.66. The van der Waals surface area contributed by atoms with Crippen molar-refractivity contribution in [1.82, 2.24) is 4.90 Å². The summed E-state index contributed by atoms with van der Waals surface area (Å²) in [7, 11) is 0. The average molecular weight is 279 g/mol. The summed E-state index contributed by atoms with van der Waals surface area (Å²) in [5.41, 5.74) is 0. The average Bonchev–Trinajstić information content (AvgIpc) is 2.96. The number of ether oxygens (including phenoxy) is 1. The largest absolute Gasteiger partial charge is 0.480 e. The molecule has 1 amide bonds. The third-order valence-electron chi connectivity index (χ3n) is 3.15. The highest BCUT2D eigenvalue weighted by molar-refractivity contribution is 5.93. The minimum Gasteiger partial charge on any atom is -0.480 e. The molecule has 1 aliphatic heterocycles. The number of carbonyl (C=O) groups is 2. The molecule has 6 heteroatoms. The fourth-order valence-corrected chi connectivity index (χ4v) is 2.16. The Morgan fingerprint density at radius 3 is 2.75 bits per heavy atom. The molecule has 1 aliphatic rings. The number of furan rings is 1. The highest BCUT2D eigenvalue weighted by Crippen LogP contribution is 2.15. The zero-order chi connectivity index (χ0) is 14.4. The molecule has 2 rings (SSSR count). The second-order valence-corrected chi connectivity index (χ2v) is 4.55. The summed E-state index contributed by atoms with van der Waals surface area (Å²) in [6, 6.07) is 3.35. The van der Waals surface area contributed by atoms with Gasteiger partial charge in [0.2, 0.25) is 5.91 Å². The molecular weight excluding hydrogens is 262 g/mol. The van der Waals surface area contributed by atoms with Gasteiger partial charge in [0.25, 0.3) is 0 Å². The topological polar surface area (TPSA) is 80.0 Å². The number of hydrogen-bond acceptors (Lipinski definition) is 4. The summed E-state index contributed by atoms with van der Waals surface area (Å²) < 4.78 is 10.3. The summed E-state index contributed by atoms with van der Waals surface area (Å²) in [6.45, 7) is 0.803. The van der Waals surface area contributed by atoms with Crippen molar-refractivity contribution in [2.75, 3.05) is 19.8 Å². The summed E-state index contributed by atoms with van der Waals surface area (Å²) in [5.74, 6) is -0.785. The van der Waals surface area contributed by atoms with Crippen LogP contribution in [0, 0.1) is 0 Å². The van der Waals surface area contributed by atoms with Gasteiger partial charge in [0, 0.05) is 25.3 Å². The van der Waals surface area contributed by atoms with Gasteiger partial charge >= 0.3 is 5.97 Å². The molecule has 1 saturated heterocycles. The van der Waals surface area contributed by atoms with Crippen molar-refractivity contribution in [3.8, 4) is 0 Å². The lowest BCUT2D eigenvalue weighted by atomic mass is 10.1. The number of carbonyl (C=O) groups excluding carboxylic acids is 1. The monoisotopic (exact) mass is 279 g/mol. The number of rotatable bonds is 5. The summed E-state index contributed by atoms with van der Waals surface area (Å²) >= 11 is 0. The second-order valence-electron chi connectivity index (χ2n) is 4.55. The van der Waals surface area contributed by atoms with Crippen LogP contribution in [-0.2, 0) is 14.3 Å². The standard InChI is InChI=1S/C14H17NO5/c16-13(4-3-12-2-1-7-20-12)15(10-14(17)18)11-5-8-19-9-6-11/h1-4,7,11H,5-6,8-10H2,(H,17,18)/b4-3+. The summed E-state index contributed by atoms with van der Waals surface area (Å²) in [5, 5.41) is 8.95. The van der Waals surface area contributed by atoms with Gasteiger partial charge in [-0.05, 0) is 31.1 Å². The zero-order valence-corrected chi connectivity index (χ0v) is 11.0. The van der Waals surface area contributed by atoms with Crippen molar-refractivity contribution >= 4 is 18.0 Å². The van der Waals surface area contributed by atoms with Crippen LogP contribution in [0.2, 0.25) is 0 Å². The molecule has 1 aromatic rings. The fraction of sp³-hybridized carbons (Fsp3) is 0.429. The maximum absolute atomic E-state index is 12.2. The van der Waals surface area contributed by atoms with Crippen molar-refractivity contribution in [2.24, 2.45) is 0 Å². The first-order valence-electron chi connectivity index (χ1n) is 6.48. The highest BCUT2D eigenvalue weighted by Gasteiger charge is 2.26. The van der Waals surface area contributed by atoms with E-state index < -0.39 is 5.97 Å². The van der Waals surface area contributed by atoms with Crippen molar-refractivity contribution in [3.05, 3.63) is 30.2 Å². The van der Waals surface area contributed by atoms with E-state index in [1.165, 1.54) is 23.3 Å². The van der Waals surface area contributed by atoms with Crippen LogP contribution >= 0.6 is 0 Å². The van der Waals surface area contributed by atoms with Crippen molar-refractivity contribution in [3.63, 3.8) is 0 Å². The van der Waals surface area contributed by atoms with Gasteiger partial charge in [0.1, 0.15) is 12.3 Å². The molecule has 1 fully saturated rings. The van der Waals surface area contributed by atoms with E-state index in [-0.39, 0.29) is 18.5 Å². The smallest absolute Gasteiger partial charge is 0.323 e. The molecule has 2 heterocycles. The second kappa shape index (κ2) is 6.91. The molecule has 0 saturated carbocycles. The lowest BCUT2D eigenvalue weighted by Crippen LogP contribution is -2.45. The molecule has 20 heavy (non-hydrogen) atoms. The van der Waals surface area contributed by atoms with Gasteiger partial charge in [0.05, 0.1) is 6.26 Å². The molecule has 0 atom stereocenters. The van der Waals surface area contributed by atoms with Crippen LogP contribution < -0.4 is 0 Å². The lowest BCUT2D eigenvalue weighted by Gasteiger charge is -2.32. The Morgan fingerprint density at radius 1 is 1.40 bits per heavy atom. The molecule has 0 aromatic carbocycles. The van der Waals surface area contributed by atoms with Gasteiger partial charge in [-0.1, -0.05) is 0 Å². The Morgan fingerprint density at radius 2 is 2.15 bits per heavy atom. The van der Waals surface area contributed by atoms with Crippen molar-refractivity contribution < 1.29 is 23.8 Å². The summed E-state index contributed by atoms with van der Waals surface area (Å²) in [6.07, 6.45) is 5.71. The van der Waals surface area contributed by atoms with E-state index in [2.05, 4.69) is 0 Å². The molecule has 0 unspecified atom stereocenters. The number of amides is 1. The molecule has 6 nitrogen and oxygen atoms in total. The normalized spacial score (nSPS) is 16.4. The molecule has 1 N–H and O–H groups in total. The molecule has 1 aromatic heterocycles. The van der Waals surface area contributed by atoms with Crippen LogP contribution in [0.15, 0.2) is 28.9 Å². The van der Waals surface area contributed by atoms with Crippen molar-refractivity contribution in [2.45, 2.75) is 18.9 Å². The van der Waals surface area contributed by atoms with Crippen LogP contribution in [0.4, 0.5) is 0 Å². The van der Waals surface area contributed by atoms with Crippen LogP contribution in [0.5, 0.6) is 0 Å². The van der Waals surface area contributed by atoms with E-state index in [0.717, 1.165) is 0 Å². The van der Waals surface area contributed by atoms with Crippen LogP contribution in [-0.4, -0.2) is 47.7 Å². The molecule has 0 aliphatic carbocycles. The van der Waals surface area contributed by atoms with Gasteiger partial charge in [0.15, 0.2) is 0 Å². The number of carboxylic acid groups (broad SMARTS) is 1. The Labute approximate surface area is 116 Å². The number of carboxylic acids is 1. The van der Waals surface area contributed by atoms with E-state index in [1.54, 1.807) is 12.1 Å². The third-order valence-corrected chi connectivity index (χ3v) is 3.15. The van der Waals surface area contributed by atoms with Crippen LogP contribution in [0.25, 0.3) is 6.08 Å². The van der Waals surface area contributed by atoms with E-state index in [0.29, 0.717) is 31.8 Å². The third kappa shape index (κ3) is 3.96. The van der Waals surface area contributed by atoms with E-state index in [9.17, 15) is 9.59 Å². The Balaban J connectivity index is 2.04. The van der Waals surface area contributed by atoms with Crippen molar-refractivity contribution in [1.29, 1.82) is 0 Å². The van der Waals surface area contributed by atoms with E-state index in [4.69, 9.17) is 14.3 Å². The van der Waals surface area contributed by atoms with E-state index in [1.807, 2.05) is 0 Å². The maximum atomic E-state index is 12.2. The van der Waals surface area contributed by atoms with Gasteiger partial charge in [-0.25, -0.2) is 0 Å². The minimum atomic E-state index is -1.02. The first kappa shape index (κ1) is 14.3. The number of hydrogen-bond donors (Lipinski definition) is 1. The predicted molar refractivity (Wildman–Crippen MR) is 70.9 cm³/mol. The molecule has 0 radical (unpaired) electrons.